The summed E-state index contributed by atoms with van der Waals surface area (Å²) in [5.41, 5.74) is 4.98. The van der Waals surface area contributed by atoms with Crippen LogP contribution in [0.25, 0.3) is 6.08 Å². The van der Waals surface area contributed by atoms with Crippen LogP contribution in [0.2, 0.25) is 54.4 Å². The molecule has 0 saturated carbocycles. The van der Waals surface area contributed by atoms with E-state index in [0.717, 1.165) is 11.3 Å². The van der Waals surface area contributed by atoms with Crippen LogP contribution in [-0.2, 0) is 18.1 Å². The van der Waals surface area contributed by atoms with Crippen LogP contribution in [0, 0.1) is 12.8 Å². The molecule has 1 heterocycles. The van der Waals surface area contributed by atoms with Crippen molar-refractivity contribution in [2.24, 2.45) is 5.92 Å². The summed E-state index contributed by atoms with van der Waals surface area (Å²) in [5, 5.41) is 0.136. The van der Waals surface area contributed by atoms with Crippen molar-refractivity contribution >= 4 is 36.8 Å². The highest BCUT2D eigenvalue weighted by Gasteiger charge is 2.47. The molecule has 0 amide bonds. The average Bonchev–Trinajstić information content (AvgIpc) is 3.35. The molecule has 0 N–H and O–H groups in total. The smallest absolute Gasteiger partial charge is 0.201 e. The Hall–Kier alpha value is -1.63. The summed E-state index contributed by atoms with van der Waals surface area (Å²) in [5.74, 6) is 0.405. The number of carbonyl (C=O) groups is 1. The molecule has 6 nitrogen and oxygen atoms in total. The Labute approximate surface area is 304 Å². The molecule has 0 radical (unpaired) electrons. The molecule has 0 aliphatic heterocycles. The zero-order chi connectivity index (χ0) is 38.1. The second kappa shape index (κ2) is 18.7. The van der Waals surface area contributed by atoms with Gasteiger partial charge in [0, 0.05) is 19.3 Å². The van der Waals surface area contributed by atoms with Crippen molar-refractivity contribution in [2.45, 2.75) is 170 Å². The summed E-state index contributed by atoms with van der Waals surface area (Å²) >= 11 is 0. The van der Waals surface area contributed by atoms with E-state index in [2.05, 4.69) is 113 Å². The topological polar surface area (TPSA) is 70.8 Å². The minimum Gasteiger partial charge on any atom is -0.449 e. The summed E-state index contributed by atoms with van der Waals surface area (Å²) < 4.78 is 26.3. The van der Waals surface area contributed by atoms with E-state index < -0.39 is 25.0 Å². The quantitative estimate of drug-likeness (QED) is 0.0610. The van der Waals surface area contributed by atoms with Crippen molar-refractivity contribution in [1.29, 1.82) is 0 Å². The number of oxazole rings is 1. The third-order valence-electron chi connectivity index (χ3n) is 10.2. The molecule has 0 saturated heterocycles. The van der Waals surface area contributed by atoms with Crippen LogP contribution < -0.4 is 0 Å². The number of aryl methyl sites for hydroxylation is 1. The van der Waals surface area contributed by atoms with Gasteiger partial charge in [0.25, 0.3) is 0 Å². The number of Topliss-reactive ketones (excluding diaryl/α,β-unsaturated/α-hetero) is 1. The Kier molecular flexibility index (Phi) is 17.4. The molecule has 0 fully saturated rings. The SMILES string of the molecule is CC(/C=C/C=C(\C)C(=O)[C@@H](C)[C@H](C[C@H](O[Si](C(C)C)(C(C)C)C(C)C)/C(C)=C/CO[Si](C)(C)C(C)(C)C)O[Si](C)(C)C)=C\c1coc(C)n1. The van der Waals surface area contributed by atoms with Gasteiger partial charge in [-0.3, -0.25) is 4.79 Å². The van der Waals surface area contributed by atoms with Gasteiger partial charge in [-0.15, -0.1) is 0 Å². The van der Waals surface area contributed by atoms with Crippen molar-refractivity contribution in [1.82, 2.24) is 4.98 Å². The second-order valence-electron chi connectivity index (χ2n) is 17.5. The fourth-order valence-electron chi connectivity index (χ4n) is 6.41. The molecule has 0 bridgehead atoms. The van der Waals surface area contributed by atoms with Gasteiger partial charge in [-0.25, -0.2) is 4.98 Å². The van der Waals surface area contributed by atoms with Crippen molar-refractivity contribution < 1.29 is 22.5 Å². The maximum absolute atomic E-state index is 14.0. The minimum absolute atomic E-state index is 0.100. The third-order valence-corrected chi connectivity index (χ3v) is 21.9. The van der Waals surface area contributed by atoms with Crippen LogP contribution in [0.1, 0.15) is 108 Å². The molecule has 49 heavy (non-hydrogen) atoms. The number of aromatic nitrogens is 1. The number of hydrogen-bond donors (Lipinski definition) is 0. The maximum Gasteiger partial charge on any atom is 0.201 e. The molecule has 0 aromatic carbocycles. The number of allylic oxidation sites excluding steroid dienone is 5. The Morgan fingerprint density at radius 3 is 1.92 bits per heavy atom. The Bertz CT molecular complexity index is 1300. The molecule has 0 unspecified atom stereocenters. The van der Waals surface area contributed by atoms with Crippen molar-refractivity contribution in [3.63, 3.8) is 0 Å². The molecule has 0 aliphatic rings. The van der Waals surface area contributed by atoms with Crippen LogP contribution in [0.3, 0.4) is 0 Å². The highest BCUT2D eigenvalue weighted by Crippen LogP contribution is 2.44. The lowest BCUT2D eigenvalue weighted by Crippen LogP contribution is -2.51. The highest BCUT2D eigenvalue weighted by atomic mass is 28.4. The normalized spacial score (nSPS) is 16.7. The number of carbonyl (C=O) groups excluding carboxylic acids is 1. The van der Waals surface area contributed by atoms with Crippen LogP contribution >= 0.6 is 0 Å². The van der Waals surface area contributed by atoms with Crippen LogP contribution in [0.4, 0.5) is 0 Å². The lowest BCUT2D eigenvalue weighted by molar-refractivity contribution is -0.121. The first-order chi connectivity index (χ1) is 22.2. The molecular formula is C40H73NO5Si3. The molecule has 1 rings (SSSR count). The lowest BCUT2D eigenvalue weighted by atomic mass is 9.90. The first-order valence-electron chi connectivity index (χ1n) is 18.4. The zero-order valence-electron chi connectivity index (χ0n) is 34.8. The molecule has 0 spiro atoms. The number of ketones is 1. The van der Waals surface area contributed by atoms with Gasteiger partial charge in [-0.2, -0.15) is 0 Å². The zero-order valence-corrected chi connectivity index (χ0v) is 37.8. The maximum atomic E-state index is 14.0. The number of hydrogen-bond acceptors (Lipinski definition) is 6. The van der Waals surface area contributed by atoms with Gasteiger partial charge in [0.2, 0.25) is 8.32 Å². The fourth-order valence-corrected chi connectivity index (χ4v) is 14.1. The van der Waals surface area contributed by atoms with Crippen LogP contribution in [0.5, 0.6) is 0 Å². The molecule has 3 atom stereocenters. The highest BCUT2D eigenvalue weighted by molar-refractivity contribution is 6.77. The van der Waals surface area contributed by atoms with Crippen LogP contribution in [-0.4, -0.2) is 54.5 Å². The van der Waals surface area contributed by atoms with Crippen molar-refractivity contribution in [2.75, 3.05) is 6.61 Å². The van der Waals surface area contributed by atoms with E-state index in [1.165, 1.54) is 5.57 Å². The van der Waals surface area contributed by atoms with Gasteiger partial charge in [0.1, 0.15) is 12.0 Å². The summed E-state index contributed by atoms with van der Waals surface area (Å²) in [4.78, 5) is 18.4. The lowest BCUT2D eigenvalue weighted by Gasteiger charge is -2.46. The van der Waals surface area contributed by atoms with Gasteiger partial charge in [0.15, 0.2) is 28.3 Å². The Balaban J connectivity index is 3.53. The predicted molar refractivity (Wildman–Crippen MR) is 218 cm³/mol. The monoisotopic (exact) mass is 731 g/mol. The first kappa shape index (κ1) is 45.4. The predicted octanol–water partition coefficient (Wildman–Crippen LogP) is 12.2. The van der Waals surface area contributed by atoms with Crippen molar-refractivity contribution in [3.8, 4) is 0 Å². The fraction of sp³-hybridized carbons (Fsp3) is 0.700. The van der Waals surface area contributed by atoms with E-state index in [9.17, 15) is 4.79 Å². The summed E-state index contributed by atoms with van der Waals surface area (Å²) in [7, 11) is -6.20. The summed E-state index contributed by atoms with van der Waals surface area (Å²) in [6, 6.07) is 0. The van der Waals surface area contributed by atoms with E-state index in [4.69, 9.17) is 17.7 Å². The van der Waals surface area contributed by atoms with E-state index >= 15 is 0 Å². The standard InChI is InChI=1S/C40H73NO5Si3/c1-28(2)49(29(3)4,30(5)6)46-37(32(8)23-24-44-48(18,19)40(12,13)14)26-38(45-47(15,16)17)34(10)39(42)33(9)22-20-21-31(7)25-36-27-43-35(11)41-36/h20-23,25,27-30,34,37-38H,24,26H2,1-19H3/b21-20+,31-25+,32-23+,33-22+/t34-,37-,38-/m0/s1. The van der Waals surface area contributed by atoms with Crippen LogP contribution in [0.15, 0.2) is 51.7 Å². The molecule has 9 heteroatoms. The van der Waals surface area contributed by atoms with E-state index in [-0.39, 0.29) is 28.9 Å². The second-order valence-corrected chi connectivity index (χ2v) is 32.2. The van der Waals surface area contributed by atoms with E-state index in [0.29, 0.717) is 41.1 Å². The summed E-state index contributed by atoms with van der Waals surface area (Å²) in [6.45, 7) is 42.5. The van der Waals surface area contributed by atoms with Gasteiger partial charge in [0.05, 0.1) is 18.8 Å². The minimum atomic E-state index is -2.26. The Morgan fingerprint density at radius 1 is 0.918 bits per heavy atom. The summed E-state index contributed by atoms with van der Waals surface area (Å²) in [6.07, 6.45) is 11.8. The van der Waals surface area contributed by atoms with Crippen molar-refractivity contribution in [3.05, 3.63) is 58.9 Å². The third kappa shape index (κ3) is 13.8. The molecule has 1 aromatic heterocycles. The van der Waals surface area contributed by atoms with Gasteiger partial charge in [-0.1, -0.05) is 93.5 Å². The van der Waals surface area contributed by atoms with Gasteiger partial charge >= 0.3 is 0 Å². The molecular weight excluding hydrogens is 659 g/mol. The molecule has 0 aliphatic carbocycles. The van der Waals surface area contributed by atoms with E-state index in [1.807, 2.05) is 52.0 Å². The van der Waals surface area contributed by atoms with E-state index in [1.54, 1.807) is 6.26 Å². The molecule has 280 valence electrons. The Morgan fingerprint density at radius 2 is 1.47 bits per heavy atom. The largest absolute Gasteiger partial charge is 0.449 e. The number of nitrogens with zero attached hydrogens (tertiary/aromatic N) is 1. The first-order valence-corrected chi connectivity index (χ1v) is 26.9. The van der Waals surface area contributed by atoms with Gasteiger partial charge in [-0.05, 0) is 98.0 Å². The van der Waals surface area contributed by atoms with Gasteiger partial charge < -0.3 is 17.7 Å². The number of rotatable bonds is 19. The molecule has 1 aromatic rings. The average molecular weight is 732 g/mol.